The molecule has 3 saturated carbocycles. The Balaban J connectivity index is 0.000000260. The number of benzene rings is 2. The maximum atomic E-state index is 11.9. The number of ether oxygens (including phenoxy) is 8. The van der Waals surface area contributed by atoms with Crippen molar-refractivity contribution < 1.29 is 72.1 Å². The highest BCUT2D eigenvalue weighted by Crippen LogP contribution is 2.39. The fourth-order valence-corrected chi connectivity index (χ4v) is 5.33. The molecule has 2 aromatic carbocycles. The zero-order valence-electron chi connectivity index (χ0n) is 38.0. The summed E-state index contributed by atoms with van der Waals surface area (Å²) in [5.74, 6) is 0.200. The average molecular weight is 876 g/mol. The van der Waals surface area contributed by atoms with Crippen LogP contribution < -0.4 is 34.9 Å². The van der Waals surface area contributed by atoms with E-state index in [1.165, 1.54) is 33.5 Å². The van der Waals surface area contributed by atoms with Crippen LogP contribution in [0.4, 0.5) is 14.4 Å². The van der Waals surface area contributed by atoms with Crippen LogP contribution in [0.3, 0.4) is 0 Å². The van der Waals surface area contributed by atoms with Crippen LogP contribution in [0.2, 0.25) is 0 Å². The first-order valence-corrected chi connectivity index (χ1v) is 20.3. The lowest BCUT2D eigenvalue weighted by atomic mass is 10.2. The Morgan fingerprint density at radius 2 is 0.887 bits per heavy atom. The predicted molar refractivity (Wildman–Crippen MR) is 226 cm³/mol. The Morgan fingerprint density at radius 1 is 0.548 bits per heavy atom. The maximum absolute atomic E-state index is 11.9. The maximum Gasteiger partial charge on any atom is 0.408 e. The van der Waals surface area contributed by atoms with Crippen LogP contribution in [-0.4, -0.2) is 115 Å². The zero-order valence-corrected chi connectivity index (χ0v) is 38.0. The lowest BCUT2D eigenvalue weighted by Crippen LogP contribution is -2.44. The van der Waals surface area contributed by atoms with Gasteiger partial charge >= 0.3 is 30.2 Å². The summed E-state index contributed by atoms with van der Waals surface area (Å²) in [5, 5.41) is 26.3. The molecule has 0 aromatic heterocycles. The number of aliphatic hydroxyl groups is 1. The van der Waals surface area contributed by atoms with Gasteiger partial charge in [-0.2, -0.15) is 0 Å². The van der Waals surface area contributed by atoms with Crippen LogP contribution in [-0.2, 0) is 18.9 Å². The quantitative estimate of drug-likeness (QED) is 0.0971. The van der Waals surface area contributed by atoms with Gasteiger partial charge in [0.1, 0.15) is 30.0 Å². The second kappa shape index (κ2) is 20.5. The molecule has 0 unspecified atom stereocenters. The summed E-state index contributed by atoms with van der Waals surface area (Å²) >= 11 is 0. The average Bonchev–Trinajstić information content (AvgIpc) is 4.09. The van der Waals surface area contributed by atoms with E-state index in [9.17, 15) is 24.0 Å². The van der Waals surface area contributed by atoms with E-state index in [1.807, 2.05) is 41.5 Å². The third kappa shape index (κ3) is 17.4. The molecular formula is C44H65N3O15. The van der Waals surface area contributed by atoms with Crippen LogP contribution >= 0.6 is 0 Å². The topological polar surface area (TPSA) is 236 Å². The number of amides is 3. The van der Waals surface area contributed by atoms with E-state index >= 15 is 0 Å². The van der Waals surface area contributed by atoms with Crippen molar-refractivity contribution in [1.29, 1.82) is 0 Å². The van der Waals surface area contributed by atoms with E-state index in [-0.39, 0.29) is 24.3 Å². The fraction of sp³-hybridized carbons (Fsp3) is 0.614. The molecule has 3 aliphatic carbocycles. The minimum atomic E-state index is -1.04. The number of carbonyl (C=O) groups is 5. The van der Waals surface area contributed by atoms with Gasteiger partial charge in [-0.25, -0.2) is 24.0 Å². The molecule has 346 valence electrons. The molecule has 0 atom stereocenters. The molecule has 0 radical (unpaired) electrons. The van der Waals surface area contributed by atoms with Crippen LogP contribution in [0.25, 0.3) is 0 Å². The predicted octanol–water partition coefficient (Wildman–Crippen LogP) is 6.78. The van der Waals surface area contributed by atoms with Crippen molar-refractivity contribution in [3.8, 4) is 23.0 Å². The van der Waals surface area contributed by atoms with Crippen LogP contribution in [0, 0.1) is 0 Å². The normalized spacial score (nSPS) is 16.1. The number of carbonyl (C=O) groups excluding carboxylic acids is 4. The first kappa shape index (κ1) is 50.7. The SMILES string of the molecule is CC(C)(C)OC(=O)NC1(CO)CC1.COC(=O)c1ccc(OCC2(NC(=O)OC(C)(C)C)CC2)c(OC)c1.COc1cc(C(=O)O)ccc1OCC1(NC(=O)OC(C)(C)C)CC1. The largest absolute Gasteiger partial charge is 0.493 e. The number of hydrogen-bond donors (Lipinski definition) is 5. The van der Waals surface area contributed by atoms with Gasteiger partial charge in [-0.05, 0) is 137 Å². The summed E-state index contributed by atoms with van der Waals surface area (Å²) in [7, 11) is 4.26. The molecule has 18 nitrogen and oxygen atoms in total. The highest BCUT2D eigenvalue weighted by Gasteiger charge is 2.47. The fourth-order valence-electron chi connectivity index (χ4n) is 5.33. The minimum absolute atomic E-state index is 0.00770. The number of carboxylic acids is 1. The second-order valence-corrected chi connectivity index (χ2v) is 18.5. The highest BCUT2D eigenvalue weighted by atomic mass is 16.6. The van der Waals surface area contributed by atoms with Gasteiger partial charge in [-0.15, -0.1) is 0 Å². The third-order valence-corrected chi connectivity index (χ3v) is 9.16. The zero-order chi connectivity index (χ0) is 46.7. The molecule has 3 fully saturated rings. The molecule has 62 heavy (non-hydrogen) atoms. The summed E-state index contributed by atoms with van der Waals surface area (Å²) in [6.07, 6.45) is 3.51. The van der Waals surface area contributed by atoms with Gasteiger partial charge in [0.2, 0.25) is 0 Å². The monoisotopic (exact) mass is 875 g/mol. The van der Waals surface area contributed by atoms with E-state index in [1.54, 1.807) is 45.0 Å². The van der Waals surface area contributed by atoms with Crippen LogP contribution in [0.1, 0.15) is 122 Å². The number of rotatable bonds is 14. The lowest BCUT2D eigenvalue weighted by molar-refractivity contribution is 0.0461. The molecule has 18 heteroatoms. The van der Waals surface area contributed by atoms with E-state index in [0.717, 1.165) is 38.5 Å². The van der Waals surface area contributed by atoms with E-state index in [0.29, 0.717) is 35.2 Å². The number of alkyl carbamates (subject to hydrolysis) is 3. The number of esters is 1. The molecule has 0 saturated heterocycles. The van der Waals surface area contributed by atoms with Gasteiger partial charge in [0.05, 0.1) is 55.7 Å². The molecule has 3 aliphatic rings. The van der Waals surface area contributed by atoms with Crippen molar-refractivity contribution >= 4 is 30.2 Å². The van der Waals surface area contributed by atoms with Crippen LogP contribution in [0.15, 0.2) is 36.4 Å². The number of carboxylic acid groups (broad SMARTS) is 1. The Labute approximate surface area is 363 Å². The lowest BCUT2D eigenvalue weighted by Gasteiger charge is -2.24. The molecular weight excluding hydrogens is 810 g/mol. The Kier molecular flexibility index (Phi) is 16.7. The second-order valence-electron chi connectivity index (χ2n) is 18.5. The van der Waals surface area contributed by atoms with Crippen molar-refractivity contribution in [3.63, 3.8) is 0 Å². The number of aliphatic hydroxyl groups excluding tert-OH is 1. The van der Waals surface area contributed by atoms with Gasteiger partial charge in [0.15, 0.2) is 23.0 Å². The molecule has 0 aliphatic heterocycles. The summed E-state index contributed by atoms with van der Waals surface area (Å²) < 4.78 is 42.3. The summed E-state index contributed by atoms with van der Waals surface area (Å²) in [6.45, 7) is 16.8. The van der Waals surface area contributed by atoms with Gasteiger partial charge < -0.3 is 64.1 Å². The van der Waals surface area contributed by atoms with Crippen molar-refractivity contribution in [2.24, 2.45) is 0 Å². The Bertz CT molecular complexity index is 1880. The first-order valence-electron chi connectivity index (χ1n) is 20.3. The van der Waals surface area contributed by atoms with Crippen molar-refractivity contribution in [2.75, 3.05) is 41.2 Å². The van der Waals surface area contributed by atoms with Crippen molar-refractivity contribution in [1.82, 2.24) is 16.0 Å². The molecule has 0 heterocycles. The van der Waals surface area contributed by atoms with Gasteiger partial charge in [-0.3, -0.25) is 0 Å². The number of methoxy groups -OCH3 is 3. The van der Waals surface area contributed by atoms with E-state index < -0.39 is 58.1 Å². The van der Waals surface area contributed by atoms with Crippen molar-refractivity contribution in [3.05, 3.63) is 47.5 Å². The standard InChI is InChI=1S/C18H25NO6.C17H23NO6.C9H17NO3/c1-17(2,3)25-16(21)19-18(8-9-18)11-24-13-7-6-12(15(20)23-5)10-14(13)22-4;1-16(2,3)24-15(21)18-17(7-8-17)10-23-12-6-5-11(14(19)20)9-13(12)22-4;1-8(2,3)13-7(12)10-9(6-11)4-5-9/h6-7,10H,8-9,11H2,1-5H3,(H,19,21);5-6,9H,7-8,10H2,1-4H3,(H,18,21)(H,19,20);11H,4-6H2,1-3H3,(H,10,12). The third-order valence-electron chi connectivity index (χ3n) is 9.16. The number of aromatic carboxylic acids is 1. The van der Waals surface area contributed by atoms with Crippen LogP contribution in [0.5, 0.6) is 23.0 Å². The molecule has 5 rings (SSSR count). The molecule has 3 amide bonds. The summed E-state index contributed by atoms with van der Waals surface area (Å²) in [4.78, 5) is 57.6. The molecule has 0 bridgehead atoms. The highest BCUT2D eigenvalue weighted by molar-refractivity contribution is 5.90. The van der Waals surface area contributed by atoms with Crippen molar-refractivity contribution in [2.45, 2.75) is 134 Å². The summed E-state index contributed by atoms with van der Waals surface area (Å²) in [6, 6.07) is 9.20. The Hall–Kier alpha value is -5.65. The number of hydrogen-bond acceptors (Lipinski definition) is 14. The van der Waals surface area contributed by atoms with Gasteiger partial charge in [0.25, 0.3) is 0 Å². The first-order chi connectivity index (χ1) is 28.7. The van der Waals surface area contributed by atoms with E-state index in [2.05, 4.69) is 20.7 Å². The Morgan fingerprint density at radius 3 is 1.18 bits per heavy atom. The molecule has 5 N–H and O–H groups in total. The minimum Gasteiger partial charge on any atom is -0.493 e. The van der Waals surface area contributed by atoms with E-state index in [4.69, 9.17) is 43.4 Å². The smallest absolute Gasteiger partial charge is 0.408 e. The van der Waals surface area contributed by atoms with Gasteiger partial charge in [-0.1, -0.05) is 0 Å². The number of nitrogens with one attached hydrogen (secondary N) is 3. The van der Waals surface area contributed by atoms with Gasteiger partial charge in [0, 0.05) is 0 Å². The molecule has 0 spiro atoms. The summed E-state index contributed by atoms with van der Waals surface area (Å²) in [5.41, 5.74) is -2.34. The molecule has 2 aromatic rings.